The third-order valence-corrected chi connectivity index (χ3v) is 4.25. The van der Waals surface area contributed by atoms with Crippen LogP contribution in [0.3, 0.4) is 0 Å². The van der Waals surface area contributed by atoms with Crippen molar-refractivity contribution in [2.45, 2.75) is 12.8 Å². The maximum Gasteiger partial charge on any atom is 0.232 e. The highest BCUT2D eigenvalue weighted by molar-refractivity contribution is 7.92. The molecule has 0 fully saturated rings. The summed E-state index contributed by atoms with van der Waals surface area (Å²) in [5.74, 6) is -0.230. The van der Waals surface area contributed by atoms with Crippen LogP contribution in [0.4, 0.5) is 5.69 Å². The zero-order chi connectivity index (χ0) is 17.3. The summed E-state index contributed by atoms with van der Waals surface area (Å²) >= 11 is 0. The Morgan fingerprint density at radius 1 is 1.43 bits per heavy atom. The monoisotopic (exact) mass is 339 g/mol. The summed E-state index contributed by atoms with van der Waals surface area (Å²) in [6.07, 6.45) is 1.81. The average Bonchev–Trinajstić information content (AvgIpc) is 2.50. The van der Waals surface area contributed by atoms with E-state index in [0.717, 1.165) is 10.6 Å². The van der Waals surface area contributed by atoms with E-state index in [2.05, 4.69) is 5.32 Å². The molecule has 23 heavy (non-hydrogen) atoms. The predicted molar refractivity (Wildman–Crippen MR) is 87.5 cm³/mol. The van der Waals surface area contributed by atoms with Gasteiger partial charge >= 0.3 is 0 Å². The summed E-state index contributed by atoms with van der Waals surface area (Å²) in [6.45, 7) is 1.05. The molecule has 0 radical (unpaired) electrons. The normalized spacial score (nSPS) is 10.8. The van der Waals surface area contributed by atoms with E-state index in [-0.39, 0.29) is 18.9 Å². The molecule has 1 N–H and O–H groups in total. The topological polar surface area (TPSA) is 99.5 Å². The van der Waals surface area contributed by atoms with Crippen LogP contribution >= 0.6 is 0 Å². The van der Waals surface area contributed by atoms with E-state index in [9.17, 15) is 13.2 Å². The fourth-order valence-corrected chi connectivity index (χ4v) is 2.87. The second-order valence-corrected chi connectivity index (χ2v) is 6.85. The largest absolute Gasteiger partial charge is 0.385 e. The van der Waals surface area contributed by atoms with Crippen LogP contribution < -0.4 is 9.62 Å². The van der Waals surface area contributed by atoms with Crippen LogP contribution in [0.5, 0.6) is 0 Å². The van der Waals surface area contributed by atoms with E-state index in [1.807, 2.05) is 6.07 Å². The molecule has 0 aliphatic heterocycles. The number of ether oxygens (including phenoxy) is 1. The number of anilines is 1. The fourth-order valence-electron chi connectivity index (χ4n) is 1.95. The number of amides is 1. The number of carbonyl (C=O) groups is 1. The first kappa shape index (κ1) is 18.9. The SMILES string of the molecule is COCCCNC(=O)CCN(c1cccc(C#N)c1)S(C)(=O)=O. The van der Waals surface area contributed by atoms with Gasteiger partial charge in [0, 0.05) is 33.2 Å². The molecule has 0 unspecified atom stereocenters. The third kappa shape index (κ3) is 6.67. The lowest BCUT2D eigenvalue weighted by Crippen LogP contribution is -2.35. The Bertz CT molecular complexity index is 668. The Hall–Kier alpha value is -2.11. The zero-order valence-corrected chi connectivity index (χ0v) is 14.1. The molecule has 1 aromatic carbocycles. The Labute approximate surface area is 136 Å². The number of nitriles is 1. The van der Waals surface area contributed by atoms with E-state index >= 15 is 0 Å². The number of hydrogen-bond acceptors (Lipinski definition) is 5. The quantitative estimate of drug-likeness (QED) is 0.673. The second-order valence-electron chi connectivity index (χ2n) is 4.94. The van der Waals surface area contributed by atoms with Gasteiger partial charge in [-0.3, -0.25) is 9.10 Å². The van der Waals surface area contributed by atoms with E-state index in [0.29, 0.717) is 30.8 Å². The number of hydrogen-bond donors (Lipinski definition) is 1. The molecule has 7 nitrogen and oxygen atoms in total. The van der Waals surface area contributed by atoms with Crippen molar-refractivity contribution in [3.8, 4) is 6.07 Å². The average molecular weight is 339 g/mol. The molecule has 0 aliphatic carbocycles. The number of rotatable bonds is 9. The Morgan fingerprint density at radius 2 is 2.17 bits per heavy atom. The molecule has 0 aromatic heterocycles. The number of carbonyl (C=O) groups excluding carboxylic acids is 1. The van der Waals surface area contributed by atoms with Crippen LogP contribution in [0, 0.1) is 11.3 Å². The molecule has 0 aliphatic rings. The minimum absolute atomic E-state index is 0.0177. The Morgan fingerprint density at radius 3 is 2.78 bits per heavy atom. The summed E-state index contributed by atoms with van der Waals surface area (Å²) in [5, 5.41) is 11.6. The molecule has 0 spiro atoms. The molecule has 126 valence electrons. The number of methoxy groups -OCH3 is 1. The van der Waals surface area contributed by atoms with Crippen LogP contribution in [-0.2, 0) is 19.6 Å². The van der Waals surface area contributed by atoms with Gasteiger partial charge in [0.15, 0.2) is 0 Å². The van der Waals surface area contributed by atoms with Crippen molar-refractivity contribution >= 4 is 21.6 Å². The van der Waals surface area contributed by atoms with Crippen LogP contribution in [0.25, 0.3) is 0 Å². The van der Waals surface area contributed by atoms with Crippen molar-refractivity contribution < 1.29 is 17.9 Å². The first-order valence-corrected chi connectivity index (χ1v) is 8.97. The van der Waals surface area contributed by atoms with Gasteiger partial charge in [0.1, 0.15) is 0 Å². The molecule has 0 saturated heterocycles. The first-order valence-electron chi connectivity index (χ1n) is 7.12. The lowest BCUT2D eigenvalue weighted by Gasteiger charge is -2.22. The minimum atomic E-state index is -3.54. The van der Waals surface area contributed by atoms with Gasteiger partial charge < -0.3 is 10.1 Å². The Balaban J connectivity index is 2.70. The number of nitrogens with one attached hydrogen (secondary N) is 1. The van der Waals surface area contributed by atoms with Gasteiger partial charge in [-0.15, -0.1) is 0 Å². The van der Waals surface area contributed by atoms with E-state index in [4.69, 9.17) is 10.00 Å². The first-order chi connectivity index (χ1) is 10.9. The van der Waals surface area contributed by atoms with Gasteiger partial charge in [-0.05, 0) is 24.6 Å². The van der Waals surface area contributed by atoms with Crippen molar-refractivity contribution in [2.75, 3.05) is 37.4 Å². The molecule has 0 saturated carbocycles. The maximum atomic E-state index is 11.9. The lowest BCUT2D eigenvalue weighted by atomic mass is 10.2. The van der Waals surface area contributed by atoms with Gasteiger partial charge in [0.25, 0.3) is 0 Å². The van der Waals surface area contributed by atoms with Crippen LogP contribution in [0.15, 0.2) is 24.3 Å². The van der Waals surface area contributed by atoms with E-state index in [1.54, 1.807) is 25.3 Å². The van der Waals surface area contributed by atoms with Crippen LogP contribution in [0.1, 0.15) is 18.4 Å². The van der Waals surface area contributed by atoms with Crippen molar-refractivity contribution in [3.63, 3.8) is 0 Å². The summed E-state index contributed by atoms with van der Waals surface area (Å²) < 4.78 is 29.9. The Kier molecular flexibility index (Phi) is 7.51. The molecule has 0 atom stereocenters. The number of nitrogens with zero attached hydrogens (tertiary/aromatic N) is 2. The summed E-state index contributed by atoms with van der Waals surface area (Å²) in [4.78, 5) is 11.8. The zero-order valence-electron chi connectivity index (χ0n) is 13.3. The van der Waals surface area contributed by atoms with Gasteiger partial charge in [-0.1, -0.05) is 6.07 Å². The minimum Gasteiger partial charge on any atom is -0.385 e. The smallest absolute Gasteiger partial charge is 0.232 e. The summed E-state index contributed by atoms with van der Waals surface area (Å²) in [6, 6.07) is 8.24. The third-order valence-electron chi connectivity index (χ3n) is 3.05. The van der Waals surface area contributed by atoms with Gasteiger partial charge in [0.05, 0.1) is 23.6 Å². The molecule has 0 heterocycles. The van der Waals surface area contributed by atoms with Gasteiger partial charge in [-0.25, -0.2) is 8.42 Å². The molecule has 1 amide bonds. The van der Waals surface area contributed by atoms with Crippen molar-refractivity contribution in [1.82, 2.24) is 5.32 Å². The maximum absolute atomic E-state index is 11.9. The molecule has 1 rings (SSSR count). The molecule has 1 aromatic rings. The summed E-state index contributed by atoms with van der Waals surface area (Å²) in [7, 11) is -1.96. The predicted octanol–water partition coefficient (Wildman–Crippen LogP) is 0.867. The van der Waals surface area contributed by atoms with E-state index in [1.165, 1.54) is 6.07 Å². The number of sulfonamides is 1. The standard InChI is InChI=1S/C15H21N3O4S/c1-22-10-4-8-17-15(19)7-9-18(23(2,20)21)14-6-3-5-13(11-14)12-16/h3,5-6,11H,4,7-10H2,1-2H3,(H,17,19). The van der Waals surface area contributed by atoms with Crippen molar-refractivity contribution in [2.24, 2.45) is 0 Å². The van der Waals surface area contributed by atoms with Crippen molar-refractivity contribution in [1.29, 1.82) is 5.26 Å². The highest BCUT2D eigenvalue weighted by Gasteiger charge is 2.18. The van der Waals surface area contributed by atoms with Gasteiger partial charge in [-0.2, -0.15) is 5.26 Å². The molecular formula is C15H21N3O4S. The molecule has 8 heteroatoms. The van der Waals surface area contributed by atoms with Crippen LogP contribution in [-0.4, -0.2) is 47.4 Å². The molecule has 0 bridgehead atoms. The van der Waals surface area contributed by atoms with Gasteiger partial charge in [0.2, 0.25) is 15.9 Å². The lowest BCUT2D eigenvalue weighted by molar-refractivity contribution is -0.120. The fraction of sp³-hybridized carbons (Fsp3) is 0.467. The van der Waals surface area contributed by atoms with Crippen LogP contribution in [0.2, 0.25) is 0 Å². The number of benzene rings is 1. The highest BCUT2D eigenvalue weighted by Crippen LogP contribution is 2.19. The molecular weight excluding hydrogens is 318 g/mol. The highest BCUT2D eigenvalue weighted by atomic mass is 32.2. The van der Waals surface area contributed by atoms with Crippen molar-refractivity contribution in [3.05, 3.63) is 29.8 Å². The second kappa shape index (κ2) is 9.12. The summed E-state index contributed by atoms with van der Waals surface area (Å²) in [5.41, 5.74) is 0.735. The van der Waals surface area contributed by atoms with E-state index < -0.39 is 10.0 Å².